The number of aliphatic hydroxyl groups is 1. The van der Waals surface area contributed by atoms with Crippen molar-refractivity contribution in [2.45, 2.75) is 12.5 Å². The fraction of sp³-hybridized carbons (Fsp3) is 0.444. The molecule has 14 heavy (non-hydrogen) atoms. The van der Waals surface area contributed by atoms with Crippen molar-refractivity contribution in [3.05, 3.63) is 22.3 Å². The standard InChI is InChI=1S/C9H13BrN2O2/c1-14-9-6(3-8(11)5-13)2-7(10)4-12-9/h2,4,8,13H,3,5,11H2,1H3. The van der Waals surface area contributed by atoms with Crippen molar-refractivity contribution in [1.82, 2.24) is 4.98 Å². The van der Waals surface area contributed by atoms with Gasteiger partial charge in [-0.15, -0.1) is 0 Å². The highest BCUT2D eigenvalue weighted by Gasteiger charge is 2.09. The smallest absolute Gasteiger partial charge is 0.216 e. The van der Waals surface area contributed by atoms with Crippen molar-refractivity contribution in [3.8, 4) is 5.88 Å². The van der Waals surface area contributed by atoms with E-state index in [0.29, 0.717) is 12.3 Å². The van der Waals surface area contributed by atoms with Crippen LogP contribution in [0.25, 0.3) is 0 Å². The summed E-state index contributed by atoms with van der Waals surface area (Å²) in [5, 5.41) is 8.83. The Bertz CT molecular complexity index is 307. The average Bonchev–Trinajstić information content (AvgIpc) is 2.18. The quantitative estimate of drug-likeness (QED) is 0.837. The van der Waals surface area contributed by atoms with Crippen molar-refractivity contribution in [2.75, 3.05) is 13.7 Å². The normalized spacial score (nSPS) is 12.6. The second-order valence-corrected chi connectivity index (χ2v) is 3.88. The predicted octanol–water partition coefficient (Wildman–Crippen LogP) is 0.715. The lowest BCUT2D eigenvalue weighted by molar-refractivity contribution is 0.264. The van der Waals surface area contributed by atoms with Gasteiger partial charge in [-0.2, -0.15) is 0 Å². The lowest BCUT2D eigenvalue weighted by Gasteiger charge is -2.11. The number of aliphatic hydroxyl groups excluding tert-OH is 1. The first kappa shape index (κ1) is 11.4. The minimum absolute atomic E-state index is 0.0460. The number of aromatic nitrogens is 1. The van der Waals surface area contributed by atoms with E-state index in [0.717, 1.165) is 10.0 Å². The van der Waals surface area contributed by atoms with Crippen LogP contribution in [0.3, 0.4) is 0 Å². The third-order valence-corrected chi connectivity index (χ3v) is 2.24. The van der Waals surface area contributed by atoms with Crippen molar-refractivity contribution in [1.29, 1.82) is 0 Å². The van der Waals surface area contributed by atoms with Gasteiger partial charge in [0.2, 0.25) is 5.88 Å². The van der Waals surface area contributed by atoms with E-state index < -0.39 is 0 Å². The van der Waals surface area contributed by atoms with Gasteiger partial charge in [0.1, 0.15) is 0 Å². The largest absolute Gasteiger partial charge is 0.481 e. The van der Waals surface area contributed by atoms with Crippen molar-refractivity contribution in [3.63, 3.8) is 0 Å². The summed E-state index contributed by atoms with van der Waals surface area (Å²) in [5.74, 6) is 0.553. The van der Waals surface area contributed by atoms with Gasteiger partial charge in [0.05, 0.1) is 13.7 Å². The number of pyridine rings is 1. The summed E-state index contributed by atoms with van der Waals surface area (Å²) >= 11 is 3.32. The highest BCUT2D eigenvalue weighted by Crippen LogP contribution is 2.20. The van der Waals surface area contributed by atoms with Gasteiger partial charge in [0, 0.05) is 22.3 Å². The first-order valence-electron chi connectivity index (χ1n) is 4.22. The van der Waals surface area contributed by atoms with Gasteiger partial charge in [-0.05, 0) is 28.4 Å². The van der Waals surface area contributed by atoms with Gasteiger partial charge in [0.25, 0.3) is 0 Å². The third kappa shape index (κ3) is 2.94. The Morgan fingerprint density at radius 3 is 3.00 bits per heavy atom. The van der Waals surface area contributed by atoms with E-state index in [2.05, 4.69) is 20.9 Å². The molecule has 4 nitrogen and oxygen atoms in total. The number of nitrogens with two attached hydrogens (primary N) is 1. The Hall–Kier alpha value is -0.650. The molecule has 1 rings (SSSR count). The van der Waals surface area contributed by atoms with E-state index in [1.54, 1.807) is 13.3 Å². The molecule has 0 aliphatic carbocycles. The van der Waals surface area contributed by atoms with Crippen LogP contribution in [0.5, 0.6) is 5.88 Å². The number of nitrogens with zero attached hydrogens (tertiary/aromatic N) is 1. The predicted molar refractivity (Wildman–Crippen MR) is 57.3 cm³/mol. The molecule has 3 N–H and O–H groups in total. The van der Waals surface area contributed by atoms with Gasteiger partial charge in [-0.1, -0.05) is 0 Å². The maximum absolute atomic E-state index is 8.83. The van der Waals surface area contributed by atoms with Crippen molar-refractivity contribution >= 4 is 15.9 Å². The summed E-state index contributed by atoms with van der Waals surface area (Å²) in [4.78, 5) is 4.08. The summed E-state index contributed by atoms with van der Waals surface area (Å²) in [6.07, 6.45) is 2.21. The number of halogens is 1. The highest BCUT2D eigenvalue weighted by atomic mass is 79.9. The van der Waals surface area contributed by atoms with Gasteiger partial charge in [0.15, 0.2) is 0 Å². The molecule has 0 amide bonds. The molecule has 0 aliphatic heterocycles. The summed E-state index contributed by atoms with van der Waals surface area (Å²) in [7, 11) is 1.56. The van der Waals surface area contributed by atoms with E-state index in [1.807, 2.05) is 6.07 Å². The fourth-order valence-electron chi connectivity index (χ4n) is 1.15. The fourth-order valence-corrected chi connectivity index (χ4v) is 1.52. The van der Waals surface area contributed by atoms with E-state index in [4.69, 9.17) is 15.6 Å². The summed E-state index contributed by atoms with van der Waals surface area (Å²) in [6, 6.07) is 1.61. The van der Waals surface area contributed by atoms with Crippen LogP contribution >= 0.6 is 15.9 Å². The van der Waals surface area contributed by atoms with Crippen molar-refractivity contribution < 1.29 is 9.84 Å². The summed E-state index contributed by atoms with van der Waals surface area (Å²) in [5.41, 5.74) is 6.52. The van der Waals surface area contributed by atoms with E-state index in [1.165, 1.54) is 0 Å². The molecule has 5 heteroatoms. The second-order valence-electron chi connectivity index (χ2n) is 2.97. The van der Waals surface area contributed by atoms with Crippen molar-refractivity contribution in [2.24, 2.45) is 5.73 Å². The molecule has 0 saturated carbocycles. The number of rotatable bonds is 4. The Balaban J connectivity index is 2.87. The summed E-state index contributed by atoms with van der Waals surface area (Å²) < 4.78 is 5.95. The van der Waals surface area contributed by atoms with Crippen LogP contribution < -0.4 is 10.5 Å². The molecule has 1 heterocycles. The minimum atomic E-state index is -0.278. The molecule has 0 bridgehead atoms. The molecule has 0 radical (unpaired) electrons. The Morgan fingerprint density at radius 1 is 1.71 bits per heavy atom. The maximum atomic E-state index is 8.83. The third-order valence-electron chi connectivity index (χ3n) is 1.80. The molecule has 0 fully saturated rings. The molecular weight excluding hydrogens is 248 g/mol. The number of methoxy groups -OCH3 is 1. The van der Waals surface area contributed by atoms with Crippen LogP contribution in [0.15, 0.2) is 16.7 Å². The Kier molecular flexibility index (Phi) is 4.31. The number of hydrogen-bond donors (Lipinski definition) is 2. The van der Waals surface area contributed by atoms with Crippen LogP contribution in [0, 0.1) is 0 Å². The molecule has 1 atom stereocenters. The van der Waals surface area contributed by atoms with Gasteiger partial charge < -0.3 is 15.6 Å². The van der Waals surface area contributed by atoms with Crippen LogP contribution in [0.2, 0.25) is 0 Å². The number of hydrogen-bond acceptors (Lipinski definition) is 4. The molecule has 0 aromatic carbocycles. The van der Waals surface area contributed by atoms with E-state index in [-0.39, 0.29) is 12.6 Å². The van der Waals surface area contributed by atoms with Gasteiger partial charge in [-0.3, -0.25) is 0 Å². The van der Waals surface area contributed by atoms with Crippen LogP contribution in [0.1, 0.15) is 5.56 Å². The molecule has 0 saturated heterocycles. The lowest BCUT2D eigenvalue weighted by atomic mass is 10.1. The lowest BCUT2D eigenvalue weighted by Crippen LogP contribution is -2.27. The average molecular weight is 261 g/mol. The zero-order valence-electron chi connectivity index (χ0n) is 7.90. The van der Waals surface area contributed by atoms with Gasteiger partial charge in [-0.25, -0.2) is 4.98 Å². The second kappa shape index (κ2) is 5.29. The first-order valence-corrected chi connectivity index (χ1v) is 5.01. The maximum Gasteiger partial charge on any atom is 0.216 e. The minimum Gasteiger partial charge on any atom is -0.481 e. The topological polar surface area (TPSA) is 68.4 Å². The first-order chi connectivity index (χ1) is 6.67. The van der Waals surface area contributed by atoms with Crippen LogP contribution in [0.4, 0.5) is 0 Å². The SMILES string of the molecule is COc1ncc(Br)cc1CC(N)CO. The highest BCUT2D eigenvalue weighted by molar-refractivity contribution is 9.10. The molecular formula is C9H13BrN2O2. The molecule has 0 aliphatic rings. The molecule has 1 aromatic rings. The van der Waals surface area contributed by atoms with Crippen LogP contribution in [-0.4, -0.2) is 29.8 Å². The summed E-state index contributed by atoms with van der Waals surface area (Å²) in [6.45, 7) is -0.0460. The molecule has 1 unspecified atom stereocenters. The van der Waals surface area contributed by atoms with E-state index >= 15 is 0 Å². The Morgan fingerprint density at radius 2 is 2.43 bits per heavy atom. The Labute approximate surface area is 91.2 Å². The zero-order chi connectivity index (χ0) is 10.6. The van der Waals surface area contributed by atoms with E-state index in [9.17, 15) is 0 Å². The number of ether oxygens (including phenoxy) is 1. The zero-order valence-corrected chi connectivity index (χ0v) is 9.49. The molecule has 1 aromatic heterocycles. The molecule has 0 spiro atoms. The monoisotopic (exact) mass is 260 g/mol. The van der Waals surface area contributed by atoms with Crippen LogP contribution in [-0.2, 0) is 6.42 Å². The van der Waals surface area contributed by atoms with Gasteiger partial charge >= 0.3 is 0 Å². The molecule has 78 valence electrons.